The number of ether oxygens (including phenoxy) is 1. The maximum absolute atomic E-state index is 12.6. The third kappa shape index (κ3) is 6.50. The van der Waals surface area contributed by atoms with Gasteiger partial charge in [0.2, 0.25) is 5.91 Å². The van der Waals surface area contributed by atoms with Crippen molar-refractivity contribution in [3.63, 3.8) is 0 Å². The molecule has 2 aliphatic rings. The lowest BCUT2D eigenvalue weighted by Gasteiger charge is -2.34. The van der Waals surface area contributed by atoms with E-state index >= 15 is 0 Å². The third-order valence-electron chi connectivity index (χ3n) is 6.84. The molecule has 2 aliphatic heterocycles. The van der Waals surface area contributed by atoms with E-state index in [1.165, 1.54) is 5.56 Å². The molecule has 0 spiro atoms. The highest BCUT2D eigenvalue weighted by atomic mass is 16.5. The number of nitrogens with one attached hydrogen (secondary N) is 3. The molecule has 2 amide bonds. The van der Waals surface area contributed by atoms with Gasteiger partial charge in [-0.1, -0.05) is 12.1 Å². The van der Waals surface area contributed by atoms with Crippen molar-refractivity contribution < 1.29 is 14.3 Å². The molecule has 1 atom stereocenters. The molecule has 0 saturated carbocycles. The van der Waals surface area contributed by atoms with Crippen LogP contribution in [0.2, 0.25) is 0 Å². The Labute approximate surface area is 202 Å². The van der Waals surface area contributed by atoms with E-state index in [0.29, 0.717) is 24.6 Å². The van der Waals surface area contributed by atoms with E-state index in [1.807, 2.05) is 36.4 Å². The van der Waals surface area contributed by atoms with Crippen molar-refractivity contribution in [2.75, 3.05) is 38.2 Å². The summed E-state index contributed by atoms with van der Waals surface area (Å²) in [5.41, 5.74) is 3.05. The zero-order valence-electron chi connectivity index (χ0n) is 20.0. The van der Waals surface area contributed by atoms with Crippen LogP contribution in [-0.4, -0.2) is 57.2 Å². The normalized spacial score (nSPS) is 19.3. The fraction of sp³-hybridized carbons (Fsp3) is 0.481. The molecule has 0 radical (unpaired) electrons. The predicted octanol–water partition coefficient (Wildman–Crippen LogP) is 2.89. The lowest BCUT2D eigenvalue weighted by Crippen LogP contribution is -2.45. The molecule has 2 heterocycles. The zero-order valence-corrected chi connectivity index (χ0v) is 20.0. The van der Waals surface area contributed by atoms with Gasteiger partial charge in [-0.3, -0.25) is 9.59 Å². The average Bonchev–Trinajstić information content (AvgIpc) is 3.08. The molecule has 182 valence electrons. The van der Waals surface area contributed by atoms with Gasteiger partial charge in [-0.2, -0.15) is 0 Å². The average molecular weight is 465 g/mol. The van der Waals surface area contributed by atoms with Gasteiger partial charge < -0.3 is 25.6 Å². The number of hydrogen-bond donors (Lipinski definition) is 3. The molecule has 0 aromatic heterocycles. The SMILES string of the molecule is COc1ccc(CCNC2CCN(c3ccc(C(=O)N[C@H]4CCCCNC4=O)cc3)CC2)cc1. The van der Waals surface area contributed by atoms with Crippen LogP contribution in [-0.2, 0) is 11.2 Å². The van der Waals surface area contributed by atoms with Gasteiger partial charge >= 0.3 is 0 Å². The van der Waals surface area contributed by atoms with Crippen molar-refractivity contribution in [1.82, 2.24) is 16.0 Å². The second-order valence-corrected chi connectivity index (χ2v) is 9.17. The van der Waals surface area contributed by atoms with Crippen LogP contribution in [0, 0.1) is 0 Å². The minimum absolute atomic E-state index is 0.0806. The zero-order chi connectivity index (χ0) is 23.8. The third-order valence-corrected chi connectivity index (χ3v) is 6.84. The van der Waals surface area contributed by atoms with Crippen LogP contribution >= 0.6 is 0 Å². The summed E-state index contributed by atoms with van der Waals surface area (Å²) in [5.74, 6) is 0.626. The topological polar surface area (TPSA) is 82.7 Å². The largest absolute Gasteiger partial charge is 0.497 e. The number of rotatable bonds is 8. The molecule has 3 N–H and O–H groups in total. The van der Waals surface area contributed by atoms with Gasteiger partial charge in [0, 0.05) is 36.9 Å². The smallest absolute Gasteiger partial charge is 0.251 e. The van der Waals surface area contributed by atoms with Crippen LogP contribution in [0.25, 0.3) is 0 Å². The number of anilines is 1. The van der Waals surface area contributed by atoms with E-state index in [4.69, 9.17) is 4.74 Å². The first kappa shape index (κ1) is 24.1. The van der Waals surface area contributed by atoms with Crippen LogP contribution in [0.5, 0.6) is 5.75 Å². The van der Waals surface area contributed by atoms with Crippen LogP contribution in [0.1, 0.15) is 48.0 Å². The van der Waals surface area contributed by atoms with Crippen molar-refractivity contribution in [2.24, 2.45) is 0 Å². The Bertz CT molecular complexity index is 937. The molecule has 7 heteroatoms. The monoisotopic (exact) mass is 464 g/mol. The maximum atomic E-state index is 12.6. The summed E-state index contributed by atoms with van der Waals surface area (Å²) < 4.78 is 5.22. The van der Waals surface area contributed by atoms with Crippen molar-refractivity contribution >= 4 is 17.5 Å². The van der Waals surface area contributed by atoms with E-state index in [2.05, 4.69) is 33.0 Å². The fourth-order valence-electron chi connectivity index (χ4n) is 4.70. The number of piperidine rings is 1. The minimum atomic E-state index is -0.439. The molecule has 34 heavy (non-hydrogen) atoms. The van der Waals surface area contributed by atoms with Crippen molar-refractivity contribution in [3.8, 4) is 5.75 Å². The van der Waals surface area contributed by atoms with Gasteiger partial charge in [-0.15, -0.1) is 0 Å². The second-order valence-electron chi connectivity index (χ2n) is 9.17. The quantitative estimate of drug-likeness (QED) is 0.560. The molecule has 7 nitrogen and oxygen atoms in total. The van der Waals surface area contributed by atoms with E-state index < -0.39 is 6.04 Å². The Morgan fingerprint density at radius 2 is 1.76 bits per heavy atom. The van der Waals surface area contributed by atoms with Crippen LogP contribution in [0.4, 0.5) is 5.69 Å². The highest BCUT2D eigenvalue weighted by molar-refractivity contribution is 5.97. The number of benzene rings is 2. The Kier molecular flexibility index (Phi) is 8.41. The van der Waals surface area contributed by atoms with Crippen LogP contribution < -0.4 is 25.6 Å². The molecule has 0 bridgehead atoms. The molecular weight excluding hydrogens is 428 g/mol. The number of methoxy groups -OCH3 is 1. The molecule has 4 rings (SSSR count). The molecule has 0 aliphatic carbocycles. The first-order valence-corrected chi connectivity index (χ1v) is 12.4. The first-order valence-electron chi connectivity index (χ1n) is 12.4. The Morgan fingerprint density at radius 1 is 1.03 bits per heavy atom. The summed E-state index contributed by atoms with van der Waals surface area (Å²) >= 11 is 0. The summed E-state index contributed by atoms with van der Waals surface area (Å²) in [4.78, 5) is 27.1. The van der Waals surface area contributed by atoms with Gasteiger partial charge in [0.15, 0.2) is 0 Å². The summed E-state index contributed by atoms with van der Waals surface area (Å²) in [5, 5.41) is 9.45. The van der Waals surface area contributed by atoms with Gasteiger partial charge in [0.05, 0.1) is 7.11 Å². The van der Waals surface area contributed by atoms with Crippen molar-refractivity contribution in [3.05, 3.63) is 59.7 Å². The van der Waals surface area contributed by atoms with E-state index in [9.17, 15) is 9.59 Å². The number of carbonyl (C=O) groups is 2. The molecule has 2 saturated heterocycles. The van der Waals surface area contributed by atoms with Crippen molar-refractivity contribution in [1.29, 1.82) is 0 Å². The molecule has 2 aromatic rings. The summed E-state index contributed by atoms with van der Waals surface area (Å²) in [6, 6.07) is 16.1. The minimum Gasteiger partial charge on any atom is -0.497 e. The summed E-state index contributed by atoms with van der Waals surface area (Å²) in [6.07, 6.45) is 5.80. The maximum Gasteiger partial charge on any atom is 0.251 e. The van der Waals surface area contributed by atoms with Gasteiger partial charge in [-0.05, 0) is 87.0 Å². The predicted molar refractivity (Wildman–Crippen MR) is 134 cm³/mol. The number of amides is 2. The Hall–Kier alpha value is -3.06. The lowest BCUT2D eigenvalue weighted by atomic mass is 10.0. The highest BCUT2D eigenvalue weighted by Crippen LogP contribution is 2.21. The van der Waals surface area contributed by atoms with Gasteiger partial charge in [-0.25, -0.2) is 0 Å². The number of hydrogen-bond acceptors (Lipinski definition) is 5. The van der Waals surface area contributed by atoms with Gasteiger partial charge in [0.25, 0.3) is 5.91 Å². The number of carbonyl (C=O) groups excluding carboxylic acids is 2. The Balaban J connectivity index is 1.20. The summed E-state index contributed by atoms with van der Waals surface area (Å²) in [6.45, 7) is 3.65. The highest BCUT2D eigenvalue weighted by Gasteiger charge is 2.23. The van der Waals surface area contributed by atoms with E-state index in [0.717, 1.165) is 63.2 Å². The molecule has 2 fully saturated rings. The standard InChI is InChI=1S/C27H36N4O3/c1-34-24-11-5-20(6-12-24)13-17-28-22-14-18-31(19-15-22)23-9-7-21(8-10-23)26(32)30-25-4-2-3-16-29-27(25)33/h5-12,22,25,28H,2-4,13-19H2,1H3,(H,29,33)(H,30,32)/t25-/m0/s1. The van der Waals surface area contributed by atoms with Gasteiger partial charge in [0.1, 0.15) is 11.8 Å². The fourth-order valence-corrected chi connectivity index (χ4v) is 4.70. The Morgan fingerprint density at radius 3 is 2.47 bits per heavy atom. The molecular formula is C27H36N4O3. The summed E-state index contributed by atoms with van der Waals surface area (Å²) in [7, 11) is 1.69. The van der Waals surface area contributed by atoms with Crippen LogP contribution in [0.15, 0.2) is 48.5 Å². The number of nitrogens with zero attached hydrogens (tertiary/aromatic N) is 1. The molecule has 2 aromatic carbocycles. The lowest BCUT2D eigenvalue weighted by molar-refractivity contribution is -0.122. The second kappa shape index (κ2) is 11.9. The molecule has 0 unspecified atom stereocenters. The van der Waals surface area contributed by atoms with E-state index in [1.54, 1.807) is 7.11 Å². The van der Waals surface area contributed by atoms with Crippen molar-refractivity contribution in [2.45, 2.75) is 50.6 Å². The van der Waals surface area contributed by atoms with Crippen LogP contribution in [0.3, 0.4) is 0 Å². The first-order chi connectivity index (χ1) is 16.6. The van der Waals surface area contributed by atoms with E-state index in [-0.39, 0.29) is 11.8 Å².